The Labute approximate surface area is 57.9 Å². The van der Waals surface area contributed by atoms with Gasteiger partial charge in [-0.15, -0.1) is 0 Å². The van der Waals surface area contributed by atoms with E-state index in [0.29, 0.717) is 5.75 Å². The summed E-state index contributed by atoms with van der Waals surface area (Å²) in [6.45, 7) is 0. The summed E-state index contributed by atoms with van der Waals surface area (Å²) < 4.78 is 20.1. The molecule has 0 bridgehead atoms. The van der Waals surface area contributed by atoms with Crippen LogP contribution in [0.1, 0.15) is 25.7 Å². The van der Waals surface area contributed by atoms with Crippen LogP contribution in [0.25, 0.3) is 0 Å². The summed E-state index contributed by atoms with van der Waals surface area (Å²) >= 11 is -1.80. The fourth-order valence-electron chi connectivity index (χ4n) is 1.04. The van der Waals surface area contributed by atoms with Crippen molar-refractivity contribution in [1.29, 1.82) is 0 Å². The van der Waals surface area contributed by atoms with Gasteiger partial charge in [-0.1, -0.05) is 30.3 Å². The Hall–Kier alpha value is 0.110. The largest absolute Gasteiger partial charge is 0.772 e. The maximum Gasteiger partial charge on any atom is 0.0104 e. The molecule has 2 nitrogen and oxygen atoms in total. The van der Waals surface area contributed by atoms with Crippen LogP contribution in [-0.2, 0) is 11.1 Å². The highest BCUT2D eigenvalue weighted by Crippen LogP contribution is 2.29. The van der Waals surface area contributed by atoms with Crippen LogP contribution < -0.4 is 0 Å². The Morgan fingerprint density at radius 1 is 1.56 bits per heavy atom. The summed E-state index contributed by atoms with van der Waals surface area (Å²) in [4.78, 5) is 0. The summed E-state index contributed by atoms with van der Waals surface area (Å²) in [5.41, 5.74) is 0. The molecule has 0 heterocycles. The van der Waals surface area contributed by atoms with E-state index >= 15 is 0 Å². The van der Waals surface area contributed by atoms with Crippen LogP contribution in [0.5, 0.6) is 0 Å². The molecule has 0 radical (unpaired) electrons. The van der Waals surface area contributed by atoms with Gasteiger partial charge in [-0.25, -0.2) is 0 Å². The second-order valence-corrected chi connectivity index (χ2v) is 3.61. The van der Waals surface area contributed by atoms with Crippen molar-refractivity contribution in [3.05, 3.63) is 0 Å². The minimum Gasteiger partial charge on any atom is -0.772 e. The van der Waals surface area contributed by atoms with Gasteiger partial charge in [-0.3, -0.25) is 4.21 Å². The van der Waals surface area contributed by atoms with E-state index in [0.717, 1.165) is 12.3 Å². The molecule has 1 atom stereocenters. The number of hydrogen-bond donors (Lipinski definition) is 0. The summed E-state index contributed by atoms with van der Waals surface area (Å²) in [7, 11) is 0. The molecule has 1 saturated carbocycles. The Balaban J connectivity index is 1.97. The van der Waals surface area contributed by atoms with E-state index in [4.69, 9.17) is 0 Å². The number of hydrogen-bond acceptors (Lipinski definition) is 2. The molecule has 0 aromatic rings. The van der Waals surface area contributed by atoms with Gasteiger partial charge >= 0.3 is 0 Å². The maximum absolute atomic E-state index is 10.0. The van der Waals surface area contributed by atoms with Crippen LogP contribution in [0.4, 0.5) is 0 Å². The van der Waals surface area contributed by atoms with Gasteiger partial charge in [0.15, 0.2) is 0 Å². The van der Waals surface area contributed by atoms with E-state index in [1.54, 1.807) is 0 Å². The van der Waals surface area contributed by atoms with Crippen molar-refractivity contribution in [3.8, 4) is 0 Å². The molecule has 0 aromatic heterocycles. The van der Waals surface area contributed by atoms with Crippen LogP contribution in [0.15, 0.2) is 0 Å². The van der Waals surface area contributed by atoms with Gasteiger partial charge in [-0.05, 0) is 12.3 Å². The van der Waals surface area contributed by atoms with Crippen molar-refractivity contribution in [3.63, 3.8) is 0 Å². The lowest BCUT2D eigenvalue weighted by Crippen LogP contribution is -2.13. The standard InChI is InChI=1S/C6H12O2S/c7-9(8)5-4-6-2-1-3-6/h6H,1-5H2,(H,7,8)/p-1. The van der Waals surface area contributed by atoms with Gasteiger partial charge in [0.25, 0.3) is 0 Å². The molecule has 54 valence electrons. The highest BCUT2D eigenvalue weighted by molar-refractivity contribution is 7.79. The van der Waals surface area contributed by atoms with Crippen molar-refractivity contribution in [2.75, 3.05) is 5.75 Å². The van der Waals surface area contributed by atoms with Crippen LogP contribution in [0.3, 0.4) is 0 Å². The molecule has 0 spiro atoms. The molecule has 0 aliphatic heterocycles. The van der Waals surface area contributed by atoms with Gasteiger partial charge in [0.2, 0.25) is 0 Å². The average Bonchev–Trinajstić information content (AvgIpc) is 1.60. The predicted octanol–water partition coefficient (Wildman–Crippen LogP) is 1.06. The van der Waals surface area contributed by atoms with E-state index in [1.165, 1.54) is 19.3 Å². The van der Waals surface area contributed by atoms with E-state index in [2.05, 4.69) is 0 Å². The molecule has 1 aliphatic rings. The molecule has 9 heavy (non-hydrogen) atoms. The van der Waals surface area contributed by atoms with Crippen LogP contribution >= 0.6 is 0 Å². The SMILES string of the molecule is O=S([O-])CCC1CCC1. The van der Waals surface area contributed by atoms with Crippen molar-refractivity contribution >= 4 is 11.1 Å². The molecule has 1 unspecified atom stereocenters. The third kappa shape index (κ3) is 2.45. The van der Waals surface area contributed by atoms with Crippen molar-refractivity contribution in [2.24, 2.45) is 5.92 Å². The lowest BCUT2D eigenvalue weighted by atomic mass is 9.84. The zero-order valence-electron chi connectivity index (χ0n) is 5.34. The van der Waals surface area contributed by atoms with Crippen LogP contribution in [-0.4, -0.2) is 14.5 Å². The fourth-order valence-corrected chi connectivity index (χ4v) is 1.57. The van der Waals surface area contributed by atoms with E-state index in [-0.39, 0.29) is 0 Å². The van der Waals surface area contributed by atoms with Crippen molar-refractivity contribution < 1.29 is 8.76 Å². The third-order valence-corrected chi connectivity index (χ3v) is 2.49. The van der Waals surface area contributed by atoms with E-state index < -0.39 is 11.1 Å². The average molecular weight is 147 g/mol. The first kappa shape index (κ1) is 7.22. The molecule has 0 saturated heterocycles. The Morgan fingerprint density at radius 3 is 2.56 bits per heavy atom. The monoisotopic (exact) mass is 147 g/mol. The van der Waals surface area contributed by atoms with E-state index in [9.17, 15) is 8.76 Å². The summed E-state index contributed by atoms with van der Waals surface area (Å²) in [5, 5.41) is 0. The summed E-state index contributed by atoms with van der Waals surface area (Å²) in [5.74, 6) is 1.09. The van der Waals surface area contributed by atoms with Gasteiger partial charge in [0, 0.05) is 5.75 Å². The maximum atomic E-state index is 10.0. The second kappa shape index (κ2) is 3.32. The molecule has 0 N–H and O–H groups in total. The predicted molar refractivity (Wildman–Crippen MR) is 35.7 cm³/mol. The van der Waals surface area contributed by atoms with Gasteiger partial charge in [0.05, 0.1) is 0 Å². The molecule has 0 amide bonds. The van der Waals surface area contributed by atoms with E-state index in [1.807, 2.05) is 0 Å². The van der Waals surface area contributed by atoms with Gasteiger partial charge in [0.1, 0.15) is 0 Å². The van der Waals surface area contributed by atoms with Gasteiger partial charge < -0.3 is 4.55 Å². The van der Waals surface area contributed by atoms with Crippen molar-refractivity contribution in [2.45, 2.75) is 25.7 Å². The first-order chi connectivity index (χ1) is 4.29. The number of rotatable bonds is 3. The lowest BCUT2D eigenvalue weighted by molar-refractivity contribution is 0.307. The summed E-state index contributed by atoms with van der Waals surface area (Å²) in [6, 6.07) is 0. The molecule has 1 rings (SSSR count). The minimum atomic E-state index is -1.80. The van der Waals surface area contributed by atoms with Crippen molar-refractivity contribution in [1.82, 2.24) is 0 Å². The van der Waals surface area contributed by atoms with Crippen LogP contribution in [0.2, 0.25) is 0 Å². The Morgan fingerprint density at radius 2 is 2.22 bits per heavy atom. The smallest absolute Gasteiger partial charge is 0.0104 e. The highest BCUT2D eigenvalue weighted by atomic mass is 32.2. The molecular formula is C6H11O2S-. The minimum absolute atomic E-state index is 0.366. The highest BCUT2D eigenvalue weighted by Gasteiger charge is 2.16. The fraction of sp³-hybridized carbons (Fsp3) is 1.00. The Kier molecular flexibility index (Phi) is 2.66. The summed E-state index contributed by atoms with van der Waals surface area (Å²) in [6.07, 6.45) is 4.68. The second-order valence-electron chi connectivity index (χ2n) is 2.59. The molecule has 1 fully saturated rings. The third-order valence-electron chi connectivity index (χ3n) is 1.92. The molecule has 3 heteroatoms. The molecular weight excluding hydrogens is 136 g/mol. The molecule has 1 aliphatic carbocycles. The normalized spacial score (nSPS) is 23.2. The zero-order valence-corrected chi connectivity index (χ0v) is 6.15. The Bertz CT molecular complexity index is 110. The molecule has 0 aromatic carbocycles. The zero-order chi connectivity index (χ0) is 6.69. The quantitative estimate of drug-likeness (QED) is 0.560. The first-order valence-electron chi connectivity index (χ1n) is 3.35. The van der Waals surface area contributed by atoms with Gasteiger partial charge in [-0.2, -0.15) is 0 Å². The van der Waals surface area contributed by atoms with Crippen LogP contribution in [0, 0.1) is 5.92 Å². The lowest BCUT2D eigenvalue weighted by Gasteiger charge is -2.25. The first-order valence-corrected chi connectivity index (χ1v) is 4.59. The topological polar surface area (TPSA) is 40.1 Å².